The van der Waals surface area contributed by atoms with Gasteiger partial charge in [0.25, 0.3) is 0 Å². The zero-order valence-electron chi connectivity index (χ0n) is 10.5. The topological polar surface area (TPSA) is 46.2 Å². The second-order valence-electron chi connectivity index (χ2n) is 6.33. The Labute approximate surface area is 98.9 Å². The lowest BCUT2D eigenvalue weighted by Gasteiger charge is -2.24. The van der Waals surface area contributed by atoms with Crippen molar-refractivity contribution >= 4 is 9.84 Å². The first-order valence-corrected chi connectivity index (χ1v) is 8.22. The molecule has 0 aliphatic heterocycles. The summed E-state index contributed by atoms with van der Waals surface area (Å²) in [5.41, 5.74) is 0.536. The Kier molecular flexibility index (Phi) is 2.86. The van der Waals surface area contributed by atoms with Gasteiger partial charge >= 0.3 is 0 Å². The van der Waals surface area contributed by atoms with Crippen molar-refractivity contribution < 1.29 is 8.42 Å². The summed E-state index contributed by atoms with van der Waals surface area (Å²) in [4.78, 5) is 0. The molecule has 0 aromatic heterocycles. The lowest BCUT2D eigenvalue weighted by Crippen LogP contribution is -2.39. The van der Waals surface area contributed by atoms with E-state index in [1.807, 2.05) is 0 Å². The van der Waals surface area contributed by atoms with Gasteiger partial charge in [-0.3, -0.25) is 0 Å². The number of hydrogen-bond donors (Lipinski definition) is 1. The van der Waals surface area contributed by atoms with Gasteiger partial charge in [0.05, 0.1) is 5.75 Å². The van der Waals surface area contributed by atoms with Gasteiger partial charge in [-0.1, -0.05) is 6.92 Å². The fourth-order valence-corrected chi connectivity index (χ4v) is 3.85. The van der Waals surface area contributed by atoms with E-state index in [2.05, 4.69) is 19.2 Å². The van der Waals surface area contributed by atoms with E-state index in [4.69, 9.17) is 0 Å². The fourth-order valence-electron chi connectivity index (χ4n) is 2.35. The van der Waals surface area contributed by atoms with Crippen molar-refractivity contribution in [3.05, 3.63) is 0 Å². The highest BCUT2D eigenvalue weighted by molar-refractivity contribution is 7.90. The third-order valence-electron chi connectivity index (χ3n) is 4.39. The Hall–Kier alpha value is -0.0900. The van der Waals surface area contributed by atoms with E-state index < -0.39 is 9.84 Å². The molecule has 2 aliphatic carbocycles. The van der Waals surface area contributed by atoms with Crippen LogP contribution in [0.15, 0.2) is 0 Å². The molecular weight excluding hydrogens is 222 g/mol. The maximum atomic E-state index is 11.3. The minimum atomic E-state index is -2.83. The lowest BCUT2D eigenvalue weighted by molar-refractivity contribution is 0.350. The molecule has 0 spiro atoms. The summed E-state index contributed by atoms with van der Waals surface area (Å²) in [7, 11) is -2.83. The van der Waals surface area contributed by atoms with Crippen LogP contribution in [0.3, 0.4) is 0 Å². The van der Waals surface area contributed by atoms with Crippen LogP contribution >= 0.6 is 0 Å². The molecule has 0 heterocycles. The number of sulfone groups is 1. The second kappa shape index (κ2) is 3.70. The largest absolute Gasteiger partial charge is 0.313 e. The van der Waals surface area contributed by atoms with E-state index in [9.17, 15) is 8.42 Å². The highest BCUT2D eigenvalue weighted by atomic mass is 32.2. The van der Waals surface area contributed by atoms with Crippen LogP contribution in [-0.4, -0.2) is 33.0 Å². The van der Waals surface area contributed by atoms with Gasteiger partial charge in [0.1, 0.15) is 9.84 Å². The molecule has 94 valence electrons. The first-order valence-electron chi connectivity index (χ1n) is 6.16. The van der Waals surface area contributed by atoms with Crippen molar-refractivity contribution in [2.75, 3.05) is 18.6 Å². The molecule has 2 fully saturated rings. The van der Waals surface area contributed by atoms with Crippen LogP contribution in [0.25, 0.3) is 0 Å². The Morgan fingerprint density at radius 1 is 1.25 bits per heavy atom. The molecule has 0 aromatic carbocycles. The van der Waals surface area contributed by atoms with Gasteiger partial charge < -0.3 is 5.32 Å². The molecule has 3 nitrogen and oxygen atoms in total. The van der Waals surface area contributed by atoms with Crippen LogP contribution in [0.2, 0.25) is 0 Å². The van der Waals surface area contributed by atoms with E-state index in [1.54, 1.807) is 0 Å². The summed E-state index contributed by atoms with van der Waals surface area (Å²) in [5, 5.41) is 3.55. The van der Waals surface area contributed by atoms with Crippen LogP contribution < -0.4 is 5.32 Å². The number of rotatable bonds is 6. The number of nitrogens with one attached hydrogen (secondary N) is 1. The zero-order chi connectivity index (χ0) is 12.0. The average Bonchev–Trinajstić information content (AvgIpc) is 3.00. The van der Waals surface area contributed by atoms with Crippen molar-refractivity contribution in [1.29, 1.82) is 0 Å². The molecule has 2 saturated carbocycles. The normalized spacial score (nSPS) is 27.4. The molecule has 2 rings (SSSR count). The number of hydrogen-bond acceptors (Lipinski definition) is 3. The molecule has 2 aliphatic rings. The van der Waals surface area contributed by atoms with Crippen molar-refractivity contribution in [2.24, 2.45) is 10.8 Å². The molecule has 1 N–H and O–H groups in total. The zero-order valence-corrected chi connectivity index (χ0v) is 11.4. The van der Waals surface area contributed by atoms with Crippen molar-refractivity contribution in [1.82, 2.24) is 5.32 Å². The van der Waals surface area contributed by atoms with Crippen LogP contribution in [0.4, 0.5) is 0 Å². The summed E-state index contributed by atoms with van der Waals surface area (Å²) in [5.74, 6) is 0.358. The van der Waals surface area contributed by atoms with E-state index in [1.165, 1.54) is 19.1 Å². The van der Waals surface area contributed by atoms with Crippen LogP contribution in [0.5, 0.6) is 0 Å². The van der Waals surface area contributed by atoms with E-state index in [0.717, 1.165) is 19.4 Å². The van der Waals surface area contributed by atoms with Gasteiger partial charge in [0, 0.05) is 18.8 Å². The molecule has 4 heteroatoms. The van der Waals surface area contributed by atoms with E-state index >= 15 is 0 Å². The third-order valence-corrected chi connectivity index (χ3v) is 5.53. The monoisotopic (exact) mass is 245 g/mol. The van der Waals surface area contributed by atoms with Gasteiger partial charge in [0.15, 0.2) is 0 Å². The van der Waals surface area contributed by atoms with Crippen LogP contribution in [0.1, 0.15) is 39.5 Å². The summed E-state index contributed by atoms with van der Waals surface area (Å²) in [6.45, 7) is 5.40. The SMILES string of the molecule is CC(NCC1(CS(C)(=O)=O)CC1)C1(C)CC1. The minimum Gasteiger partial charge on any atom is -0.313 e. The van der Waals surface area contributed by atoms with Crippen molar-refractivity contribution in [3.63, 3.8) is 0 Å². The predicted molar refractivity (Wildman–Crippen MR) is 66.2 cm³/mol. The molecule has 16 heavy (non-hydrogen) atoms. The van der Waals surface area contributed by atoms with Gasteiger partial charge in [0.2, 0.25) is 0 Å². The predicted octanol–water partition coefficient (Wildman–Crippen LogP) is 1.59. The third kappa shape index (κ3) is 2.98. The smallest absolute Gasteiger partial charge is 0.148 e. The summed E-state index contributed by atoms with van der Waals surface area (Å²) in [6.07, 6.45) is 6.09. The summed E-state index contributed by atoms with van der Waals surface area (Å²) >= 11 is 0. The molecule has 0 aromatic rings. The molecule has 1 unspecified atom stereocenters. The van der Waals surface area contributed by atoms with Gasteiger partial charge in [-0.05, 0) is 43.4 Å². The standard InChI is InChI=1S/C12H23NO2S/c1-10(11(2)4-5-11)13-8-12(6-7-12)9-16(3,14)15/h10,13H,4-9H2,1-3H3. The Bertz CT molecular complexity index is 366. The van der Waals surface area contributed by atoms with Crippen LogP contribution in [-0.2, 0) is 9.84 Å². The lowest BCUT2D eigenvalue weighted by atomic mass is 10.00. The molecule has 0 radical (unpaired) electrons. The van der Waals surface area contributed by atoms with E-state index in [0.29, 0.717) is 17.2 Å². The highest BCUT2D eigenvalue weighted by Crippen LogP contribution is 2.50. The molecular formula is C12H23NO2S. The molecule has 1 atom stereocenters. The second-order valence-corrected chi connectivity index (χ2v) is 8.47. The molecule has 0 bridgehead atoms. The van der Waals surface area contributed by atoms with Crippen LogP contribution in [0, 0.1) is 10.8 Å². The first kappa shape index (κ1) is 12.4. The molecule has 0 amide bonds. The maximum absolute atomic E-state index is 11.3. The Balaban J connectivity index is 1.81. The Morgan fingerprint density at radius 2 is 1.81 bits per heavy atom. The average molecular weight is 245 g/mol. The van der Waals surface area contributed by atoms with Crippen molar-refractivity contribution in [2.45, 2.75) is 45.6 Å². The quantitative estimate of drug-likeness (QED) is 0.773. The van der Waals surface area contributed by atoms with Gasteiger partial charge in [-0.25, -0.2) is 8.42 Å². The summed E-state index contributed by atoms with van der Waals surface area (Å²) < 4.78 is 22.6. The first-order chi connectivity index (χ1) is 7.25. The van der Waals surface area contributed by atoms with E-state index in [-0.39, 0.29) is 5.41 Å². The maximum Gasteiger partial charge on any atom is 0.148 e. The van der Waals surface area contributed by atoms with Gasteiger partial charge in [-0.2, -0.15) is 0 Å². The summed E-state index contributed by atoms with van der Waals surface area (Å²) in [6, 6.07) is 0.518. The van der Waals surface area contributed by atoms with Gasteiger partial charge in [-0.15, -0.1) is 0 Å². The minimum absolute atomic E-state index is 0.0626. The molecule has 0 saturated heterocycles. The Morgan fingerprint density at radius 3 is 2.19 bits per heavy atom. The van der Waals surface area contributed by atoms with Crippen molar-refractivity contribution in [3.8, 4) is 0 Å². The fraction of sp³-hybridized carbons (Fsp3) is 1.00. The highest BCUT2D eigenvalue weighted by Gasteiger charge is 2.47.